The van der Waals surface area contributed by atoms with E-state index in [0.29, 0.717) is 11.6 Å². The number of alkyl halides is 3. The van der Waals surface area contributed by atoms with Gasteiger partial charge in [0.15, 0.2) is 10.8 Å². The maximum atomic E-state index is 13.0. The number of aromatic nitrogens is 3. The topological polar surface area (TPSA) is 59.7 Å². The van der Waals surface area contributed by atoms with E-state index in [1.54, 1.807) is 12.1 Å². The highest BCUT2D eigenvalue weighted by atomic mass is 35.5. The molecular formula is C17H14Cl2F3N3O2S. The average molecular weight is 452 g/mol. The number of aliphatic hydroxyl groups excluding tert-OH is 1. The molecule has 3 rings (SSSR count). The van der Waals surface area contributed by atoms with Gasteiger partial charge in [-0.2, -0.15) is 13.2 Å². The molecule has 0 spiro atoms. The second kappa shape index (κ2) is 8.87. The summed E-state index contributed by atoms with van der Waals surface area (Å²) in [6.45, 7) is 0.359. The summed E-state index contributed by atoms with van der Waals surface area (Å²) in [4.78, 5) is 0. The number of aliphatic hydroxyl groups is 1. The van der Waals surface area contributed by atoms with E-state index >= 15 is 0 Å². The van der Waals surface area contributed by atoms with Gasteiger partial charge in [0.05, 0.1) is 29.9 Å². The Morgan fingerprint density at radius 1 is 1.18 bits per heavy atom. The molecule has 0 radical (unpaired) electrons. The fourth-order valence-electron chi connectivity index (χ4n) is 2.30. The normalized spacial score (nSPS) is 13.2. The summed E-state index contributed by atoms with van der Waals surface area (Å²) >= 11 is 12.7. The molecule has 2 heterocycles. The summed E-state index contributed by atoms with van der Waals surface area (Å²) in [7, 11) is 0. The van der Waals surface area contributed by atoms with Crippen molar-refractivity contribution in [2.24, 2.45) is 0 Å². The van der Waals surface area contributed by atoms with E-state index in [2.05, 4.69) is 10.2 Å². The van der Waals surface area contributed by atoms with Crippen molar-refractivity contribution in [3.63, 3.8) is 0 Å². The van der Waals surface area contributed by atoms with E-state index in [0.717, 1.165) is 34.0 Å². The molecule has 0 saturated carbocycles. The fourth-order valence-corrected chi connectivity index (χ4v) is 3.49. The molecule has 0 aliphatic heterocycles. The molecule has 0 bridgehead atoms. The lowest BCUT2D eigenvalue weighted by molar-refractivity contribution is -0.137. The first-order valence-electron chi connectivity index (χ1n) is 7.98. The molecule has 1 unspecified atom stereocenters. The Labute approximate surface area is 172 Å². The number of hydrogen-bond acceptors (Lipinski definition) is 5. The van der Waals surface area contributed by atoms with Crippen molar-refractivity contribution < 1.29 is 23.0 Å². The lowest BCUT2D eigenvalue weighted by Gasteiger charge is -2.11. The van der Waals surface area contributed by atoms with Crippen molar-refractivity contribution in [1.82, 2.24) is 14.6 Å². The minimum absolute atomic E-state index is 0.0565. The monoisotopic (exact) mass is 451 g/mol. The van der Waals surface area contributed by atoms with Crippen molar-refractivity contribution in [2.45, 2.75) is 24.0 Å². The summed E-state index contributed by atoms with van der Waals surface area (Å²) in [5.41, 5.74) is 0.117. The van der Waals surface area contributed by atoms with Crippen molar-refractivity contribution in [2.75, 3.05) is 12.4 Å². The Bertz CT molecular complexity index is 951. The summed E-state index contributed by atoms with van der Waals surface area (Å²) in [6, 6.07) is 7.91. The molecule has 28 heavy (non-hydrogen) atoms. The number of benzene rings is 1. The van der Waals surface area contributed by atoms with Gasteiger partial charge in [-0.05, 0) is 23.8 Å². The van der Waals surface area contributed by atoms with E-state index in [1.807, 2.05) is 12.1 Å². The standard InChI is InChI=1S/C17H14Cl2F3N3O2S/c18-12-3-1-10(2-4-12)7-27-8-13(26)9-28-16-24-23-15-14(19)5-11(6-25(15)16)17(20,21)22/h1-6,13,26H,7-9H2. The predicted molar refractivity (Wildman–Crippen MR) is 101 cm³/mol. The zero-order valence-electron chi connectivity index (χ0n) is 14.2. The van der Waals surface area contributed by atoms with Crippen LogP contribution in [0.5, 0.6) is 0 Å². The van der Waals surface area contributed by atoms with Crippen LogP contribution in [0.3, 0.4) is 0 Å². The number of ether oxygens (including phenoxy) is 1. The Kier molecular flexibility index (Phi) is 6.72. The van der Waals surface area contributed by atoms with Crippen LogP contribution in [0.2, 0.25) is 10.0 Å². The van der Waals surface area contributed by atoms with Gasteiger partial charge in [0.1, 0.15) is 0 Å². The van der Waals surface area contributed by atoms with Gasteiger partial charge in [-0.1, -0.05) is 47.1 Å². The minimum atomic E-state index is -4.54. The molecule has 1 aromatic carbocycles. The third-order valence-electron chi connectivity index (χ3n) is 3.65. The number of pyridine rings is 1. The summed E-state index contributed by atoms with van der Waals surface area (Å²) < 4.78 is 45.5. The van der Waals surface area contributed by atoms with Crippen molar-refractivity contribution in [3.8, 4) is 0 Å². The lowest BCUT2D eigenvalue weighted by Crippen LogP contribution is -2.18. The Balaban J connectivity index is 1.58. The molecule has 5 nitrogen and oxygen atoms in total. The van der Waals surface area contributed by atoms with Crippen LogP contribution in [-0.2, 0) is 17.5 Å². The van der Waals surface area contributed by atoms with Crippen molar-refractivity contribution in [3.05, 3.63) is 57.7 Å². The first-order valence-corrected chi connectivity index (χ1v) is 9.72. The van der Waals surface area contributed by atoms with Crippen LogP contribution < -0.4 is 0 Å². The van der Waals surface area contributed by atoms with Crippen LogP contribution in [0.15, 0.2) is 41.7 Å². The van der Waals surface area contributed by atoms with E-state index in [4.69, 9.17) is 27.9 Å². The summed E-state index contributed by atoms with van der Waals surface area (Å²) in [6.07, 6.45) is -4.50. The van der Waals surface area contributed by atoms with Gasteiger partial charge in [-0.25, -0.2) is 0 Å². The van der Waals surface area contributed by atoms with Gasteiger partial charge in [0.25, 0.3) is 0 Å². The summed E-state index contributed by atoms with van der Waals surface area (Å²) in [5, 5.41) is 18.4. The van der Waals surface area contributed by atoms with E-state index < -0.39 is 17.8 Å². The number of fused-ring (bicyclic) bond motifs is 1. The molecule has 1 N–H and O–H groups in total. The molecule has 0 aliphatic rings. The fraction of sp³-hybridized carbons (Fsp3) is 0.294. The van der Waals surface area contributed by atoms with Crippen LogP contribution in [0, 0.1) is 0 Å². The molecule has 0 fully saturated rings. The van der Waals surface area contributed by atoms with Crippen LogP contribution in [0.25, 0.3) is 5.65 Å². The maximum absolute atomic E-state index is 13.0. The van der Waals surface area contributed by atoms with Crippen molar-refractivity contribution >= 4 is 40.6 Å². The maximum Gasteiger partial charge on any atom is 0.417 e. The molecule has 150 valence electrons. The SMILES string of the molecule is OC(COCc1ccc(Cl)cc1)CSc1nnc2c(Cl)cc(C(F)(F)F)cn12. The van der Waals surface area contributed by atoms with Crippen LogP contribution >= 0.6 is 35.0 Å². The second-order valence-corrected chi connectivity index (χ2v) is 7.69. The zero-order chi connectivity index (χ0) is 20.3. The van der Waals surface area contributed by atoms with Gasteiger partial charge in [0.2, 0.25) is 0 Å². The number of halogens is 5. The smallest absolute Gasteiger partial charge is 0.390 e. The van der Waals surface area contributed by atoms with E-state index in [1.165, 1.54) is 0 Å². The second-order valence-electron chi connectivity index (χ2n) is 5.86. The van der Waals surface area contributed by atoms with Crippen molar-refractivity contribution in [1.29, 1.82) is 0 Å². The van der Waals surface area contributed by atoms with E-state index in [-0.39, 0.29) is 28.2 Å². The van der Waals surface area contributed by atoms with Crippen LogP contribution in [-0.4, -0.2) is 38.2 Å². The quantitative estimate of drug-likeness (QED) is 0.526. The highest BCUT2D eigenvalue weighted by Gasteiger charge is 2.32. The molecule has 3 aromatic rings. The summed E-state index contributed by atoms with van der Waals surface area (Å²) in [5.74, 6) is 0.162. The highest BCUT2D eigenvalue weighted by molar-refractivity contribution is 7.99. The molecule has 0 saturated heterocycles. The minimum Gasteiger partial charge on any atom is -0.390 e. The van der Waals surface area contributed by atoms with Crippen LogP contribution in [0.1, 0.15) is 11.1 Å². The van der Waals surface area contributed by atoms with E-state index in [9.17, 15) is 18.3 Å². The van der Waals surface area contributed by atoms with Gasteiger partial charge in [0, 0.05) is 17.0 Å². The zero-order valence-corrected chi connectivity index (χ0v) is 16.5. The Morgan fingerprint density at radius 3 is 2.57 bits per heavy atom. The van der Waals surface area contributed by atoms with Gasteiger partial charge in [-0.3, -0.25) is 4.40 Å². The number of hydrogen-bond donors (Lipinski definition) is 1. The first-order chi connectivity index (χ1) is 13.2. The van der Waals surface area contributed by atoms with Gasteiger partial charge in [-0.15, -0.1) is 10.2 Å². The number of nitrogens with zero attached hydrogens (tertiary/aromatic N) is 3. The van der Waals surface area contributed by atoms with Crippen LogP contribution in [0.4, 0.5) is 13.2 Å². The first kappa shape index (κ1) is 21.2. The third kappa shape index (κ3) is 5.30. The van der Waals surface area contributed by atoms with Gasteiger partial charge >= 0.3 is 6.18 Å². The number of rotatable bonds is 7. The van der Waals surface area contributed by atoms with Gasteiger partial charge < -0.3 is 9.84 Å². The average Bonchev–Trinajstić information content (AvgIpc) is 3.04. The molecule has 2 aromatic heterocycles. The highest BCUT2D eigenvalue weighted by Crippen LogP contribution is 2.33. The molecule has 0 aliphatic carbocycles. The Morgan fingerprint density at radius 2 is 1.89 bits per heavy atom. The molecular weight excluding hydrogens is 438 g/mol. The third-order valence-corrected chi connectivity index (χ3v) is 5.27. The molecule has 1 atom stereocenters. The molecule has 0 amide bonds. The lowest BCUT2D eigenvalue weighted by atomic mass is 10.2. The predicted octanol–water partition coefficient (Wildman–Crippen LogP) is 4.72. The Hall–Kier alpha value is -1.52. The largest absolute Gasteiger partial charge is 0.417 e. The molecule has 11 heteroatoms. The number of thioether (sulfide) groups is 1.